The first kappa shape index (κ1) is 21.3. The van der Waals surface area contributed by atoms with Crippen LogP contribution in [0.15, 0.2) is 89.5 Å². The molecule has 0 unspecified atom stereocenters. The lowest BCUT2D eigenvalue weighted by molar-refractivity contribution is -0.384. The Hall–Kier alpha value is -4.46. The van der Waals surface area contributed by atoms with Crippen molar-refractivity contribution in [2.45, 2.75) is 0 Å². The molecule has 0 fully saturated rings. The molecule has 0 aliphatic carbocycles. The van der Waals surface area contributed by atoms with Gasteiger partial charge in [-0.15, -0.1) is 6.58 Å². The Morgan fingerprint density at radius 1 is 1.06 bits per heavy atom. The van der Waals surface area contributed by atoms with Crippen molar-refractivity contribution >= 4 is 23.6 Å². The molecule has 3 aromatic rings. The van der Waals surface area contributed by atoms with Gasteiger partial charge in [0.05, 0.1) is 4.92 Å². The van der Waals surface area contributed by atoms with E-state index in [1.54, 1.807) is 54.6 Å². The van der Waals surface area contributed by atoms with Crippen molar-refractivity contribution in [1.29, 1.82) is 0 Å². The number of hydrogen-bond donors (Lipinski definition) is 2. The number of nitrogens with zero attached hydrogens (tertiary/aromatic N) is 1. The molecule has 31 heavy (non-hydrogen) atoms. The number of carbonyl (C=O) groups excluding carboxylic acids is 2. The van der Waals surface area contributed by atoms with Gasteiger partial charge in [0, 0.05) is 35.9 Å². The summed E-state index contributed by atoms with van der Waals surface area (Å²) in [5.41, 5.74) is 0.822. The molecule has 2 N–H and O–H groups in total. The number of nitro groups is 1. The van der Waals surface area contributed by atoms with Gasteiger partial charge in [0.25, 0.3) is 17.5 Å². The van der Waals surface area contributed by atoms with Gasteiger partial charge in [-0.25, -0.2) is 0 Å². The summed E-state index contributed by atoms with van der Waals surface area (Å²) in [5.74, 6) is -0.294. The zero-order valence-electron chi connectivity index (χ0n) is 16.4. The van der Waals surface area contributed by atoms with Gasteiger partial charge in [-0.3, -0.25) is 19.7 Å². The molecule has 8 nitrogen and oxygen atoms in total. The molecule has 0 saturated carbocycles. The molecule has 0 aliphatic rings. The molecule has 0 atom stereocenters. The monoisotopic (exact) mass is 417 g/mol. The van der Waals surface area contributed by atoms with Crippen molar-refractivity contribution in [1.82, 2.24) is 10.6 Å². The van der Waals surface area contributed by atoms with Crippen LogP contribution in [0.1, 0.15) is 16.1 Å². The van der Waals surface area contributed by atoms with Crippen LogP contribution >= 0.6 is 0 Å². The zero-order chi connectivity index (χ0) is 22.2. The van der Waals surface area contributed by atoms with Crippen molar-refractivity contribution in [3.05, 3.63) is 107 Å². The lowest BCUT2D eigenvalue weighted by Gasteiger charge is -2.09. The van der Waals surface area contributed by atoms with Gasteiger partial charge in [-0.2, -0.15) is 0 Å². The van der Waals surface area contributed by atoms with Crippen molar-refractivity contribution < 1.29 is 18.9 Å². The molecule has 1 aromatic heterocycles. The molecule has 2 aromatic carbocycles. The van der Waals surface area contributed by atoms with E-state index in [4.69, 9.17) is 4.42 Å². The van der Waals surface area contributed by atoms with E-state index in [2.05, 4.69) is 17.2 Å². The van der Waals surface area contributed by atoms with Gasteiger partial charge in [-0.05, 0) is 24.3 Å². The number of nitro benzene ring substituents is 1. The number of carbonyl (C=O) groups is 2. The number of benzene rings is 2. The van der Waals surface area contributed by atoms with Gasteiger partial charge in [0.1, 0.15) is 17.2 Å². The van der Waals surface area contributed by atoms with E-state index in [1.807, 2.05) is 0 Å². The van der Waals surface area contributed by atoms with Gasteiger partial charge < -0.3 is 15.1 Å². The highest BCUT2D eigenvalue weighted by molar-refractivity contribution is 6.05. The second kappa shape index (κ2) is 9.84. The molecular weight excluding hydrogens is 398 g/mol. The number of rotatable bonds is 8. The predicted octanol–water partition coefficient (Wildman–Crippen LogP) is 3.93. The molecule has 8 heteroatoms. The average Bonchev–Trinajstić information content (AvgIpc) is 3.26. The summed E-state index contributed by atoms with van der Waals surface area (Å²) in [5, 5.41) is 16.2. The maximum Gasteiger partial charge on any atom is 0.270 e. The average molecular weight is 417 g/mol. The van der Waals surface area contributed by atoms with E-state index >= 15 is 0 Å². The smallest absolute Gasteiger partial charge is 0.270 e. The van der Waals surface area contributed by atoms with E-state index in [0.29, 0.717) is 22.6 Å². The first-order valence-electron chi connectivity index (χ1n) is 9.30. The second-order valence-electron chi connectivity index (χ2n) is 6.39. The van der Waals surface area contributed by atoms with Crippen LogP contribution < -0.4 is 10.6 Å². The first-order valence-corrected chi connectivity index (χ1v) is 9.30. The summed E-state index contributed by atoms with van der Waals surface area (Å²) in [6.45, 7) is 3.77. The van der Waals surface area contributed by atoms with Crippen LogP contribution in [0.4, 0.5) is 5.69 Å². The lowest BCUT2D eigenvalue weighted by atomic mass is 10.1. The molecule has 2 amide bonds. The highest BCUT2D eigenvalue weighted by Crippen LogP contribution is 2.26. The summed E-state index contributed by atoms with van der Waals surface area (Å²) >= 11 is 0. The first-order chi connectivity index (χ1) is 15.0. The lowest BCUT2D eigenvalue weighted by Crippen LogP contribution is -2.34. The summed E-state index contributed by atoms with van der Waals surface area (Å²) in [7, 11) is 0. The van der Waals surface area contributed by atoms with Crippen molar-refractivity contribution in [3.8, 4) is 11.3 Å². The minimum absolute atomic E-state index is 0.0179. The Bertz CT molecular complexity index is 1150. The van der Waals surface area contributed by atoms with Crippen molar-refractivity contribution in [2.75, 3.05) is 6.54 Å². The number of nitrogens with one attached hydrogen (secondary N) is 2. The minimum Gasteiger partial charge on any atom is -0.457 e. The SMILES string of the molecule is C=CCNC(=O)C(=Cc1ccc(-c2cccc([N+](=O)[O-])c2)o1)NC(=O)c1ccccc1. The quantitative estimate of drug-likeness (QED) is 0.249. The van der Waals surface area contributed by atoms with E-state index in [9.17, 15) is 19.7 Å². The van der Waals surface area contributed by atoms with Crippen LogP contribution in [-0.2, 0) is 4.79 Å². The fourth-order valence-corrected chi connectivity index (χ4v) is 2.70. The van der Waals surface area contributed by atoms with Crippen LogP contribution in [0, 0.1) is 10.1 Å². The van der Waals surface area contributed by atoms with Gasteiger partial charge in [0.15, 0.2) is 0 Å². The van der Waals surface area contributed by atoms with Crippen molar-refractivity contribution in [3.63, 3.8) is 0 Å². The summed E-state index contributed by atoms with van der Waals surface area (Å²) in [6, 6.07) is 17.7. The Kier molecular flexibility index (Phi) is 6.74. The predicted molar refractivity (Wildman–Crippen MR) is 116 cm³/mol. The number of non-ortho nitro benzene ring substituents is 1. The van der Waals surface area contributed by atoms with E-state index in [0.717, 1.165) is 0 Å². The Labute approximate surface area is 178 Å². The third-order valence-electron chi connectivity index (χ3n) is 4.19. The number of hydrogen-bond acceptors (Lipinski definition) is 5. The zero-order valence-corrected chi connectivity index (χ0v) is 16.4. The topological polar surface area (TPSA) is 114 Å². The maximum atomic E-state index is 12.5. The highest BCUT2D eigenvalue weighted by atomic mass is 16.6. The van der Waals surface area contributed by atoms with Gasteiger partial charge in [-0.1, -0.05) is 36.4 Å². The third kappa shape index (κ3) is 5.54. The minimum atomic E-state index is -0.516. The Balaban J connectivity index is 1.88. The summed E-state index contributed by atoms with van der Waals surface area (Å²) in [4.78, 5) is 35.5. The largest absolute Gasteiger partial charge is 0.457 e. The molecule has 0 aliphatic heterocycles. The Morgan fingerprint density at radius 2 is 1.84 bits per heavy atom. The van der Waals surface area contributed by atoms with Crippen LogP contribution in [0.25, 0.3) is 17.4 Å². The molecule has 0 bridgehead atoms. The molecular formula is C23H19N3O5. The third-order valence-corrected chi connectivity index (χ3v) is 4.19. The van der Waals surface area contributed by atoms with Gasteiger partial charge in [0.2, 0.25) is 0 Å². The fourth-order valence-electron chi connectivity index (χ4n) is 2.70. The summed E-state index contributed by atoms with van der Waals surface area (Å²) < 4.78 is 5.73. The molecule has 0 spiro atoms. The number of amides is 2. The Morgan fingerprint density at radius 3 is 2.55 bits per heavy atom. The van der Waals surface area contributed by atoms with Crippen molar-refractivity contribution in [2.24, 2.45) is 0 Å². The fraction of sp³-hybridized carbons (Fsp3) is 0.0435. The van der Waals surface area contributed by atoms with E-state index in [1.165, 1.54) is 24.3 Å². The summed E-state index contributed by atoms with van der Waals surface area (Å²) in [6.07, 6.45) is 2.90. The van der Waals surface area contributed by atoms with E-state index < -0.39 is 16.7 Å². The molecule has 0 saturated heterocycles. The second-order valence-corrected chi connectivity index (χ2v) is 6.39. The van der Waals surface area contributed by atoms with Crippen LogP contribution in [0.5, 0.6) is 0 Å². The van der Waals surface area contributed by atoms with Crippen LogP contribution in [0.2, 0.25) is 0 Å². The molecule has 0 radical (unpaired) electrons. The highest BCUT2D eigenvalue weighted by Gasteiger charge is 2.16. The van der Waals surface area contributed by atoms with Gasteiger partial charge >= 0.3 is 0 Å². The molecule has 1 heterocycles. The normalized spacial score (nSPS) is 10.9. The molecule has 156 valence electrons. The number of furan rings is 1. The molecule has 3 rings (SSSR count). The maximum absolute atomic E-state index is 12.5. The standard InChI is InChI=1S/C23H19N3O5/c1-2-13-24-23(28)20(25-22(27)16-7-4-3-5-8-16)15-19-11-12-21(31-19)17-9-6-10-18(14-17)26(29)30/h2-12,14-15H,1,13H2,(H,24,28)(H,25,27). The van der Waals surface area contributed by atoms with Crippen LogP contribution in [0.3, 0.4) is 0 Å². The van der Waals surface area contributed by atoms with E-state index in [-0.39, 0.29) is 17.9 Å². The van der Waals surface area contributed by atoms with Crippen LogP contribution in [-0.4, -0.2) is 23.3 Å².